The van der Waals surface area contributed by atoms with E-state index in [1.807, 2.05) is 10.4 Å². The summed E-state index contributed by atoms with van der Waals surface area (Å²) < 4.78 is 108. The van der Waals surface area contributed by atoms with E-state index in [-0.39, 0.29) is 47.2 Å². The number of aryl methyl sites for hydroxylation is 1. The average Bonchev–Trinajstić information content (AvgIpc) is 3.00. The van der Waals surface area contributed by atoms with Gasteiger partial charge in [0.2, 0.25) is 0 Å². The summed E-state index contributed by atoms with van der Waals surface area (Å²) in [6, 6.07) is 15.4. The van der Waals surface area contributed by atoms with Crippen molar-refractivity contribution in [2.45, 2.75) is 40.7 Å². The number of nitrogens with one attached hydrogen (secondary N) is 1. The minimum absolute atomic E-state index is 0.159. The van der Waals surface area contributed by atoms with Crippen molar-refractivity contribution in [1.82, 2.24) is 10.4 Å². The van der Waals surface area contributed by atoms with Gasteiger partial charge >= 0.3 is 16.5 Å². The van der Waals surface area contributed by atoms with Crippen LogP contribution in [0.15, 0.2) is 82.6 Å². The molecule has 0 aromatic heterocycles. The van der Waals surface area contributed by atoms with Crippen LogP contribution in [0.25, 0.3) is 0 Å². The number of carbonyl (C=O) groups excluding carboxylic acids is 1. The van der Waals surface area contributed by atoms with Gasteiger partial charge in [-0.25, -0.2) is 13.9 Å². The van der Waals surface area contributed by atoms with Crippen LogP contribution in [0.1, 0.15) is 18.4 Å². The Morgan fingerprint density at radius 1 is 0.844 bits per heavy atom. The number of sulfone groups is 1. The van der Waals surface area contributed by atoms with Gasteiger partial charge in [0.1, 0.15) is 17.2 Å². The first-order valence-corrected chi connectivity index (χ1v) is 16.4. The highest BCUT2D eigenvalue weighted by Gasteiger charge is 2.53. The second-order valence-electron chi connectivity index (χ2n) is 10.2. The summed E-state index contributed by atoms with van der Waals surface area (Å²) in [5.41, 5.74) is 2.69. The zero-order valence-corrected chi connectivity index (χ0v) is 25.9. The first-order chi connectivity index (χ1) is 21.1. The van der Waals surface area contributed by atoms with Gasteiger partial charge in [-0.2, -0.15) is 8.42 Å². The van der Waals surface area contributed by atoms with Crippen LogP contribution >= 0.6 is 0 Å². The zero-order chi connectivity index (χ0) is 32.9. The molecule has 11 nitrogen and oxygen atoms in total. The number of hydroxylamine groups is 1. The van der Waals surface area contributed by atoms with Crippen LogP contribution in [0.4, 0.5) is 13.2 Å². The Morgan fingerprint density at radius 3 is 1.89 bits per heavy atom. The van der Waals surface area contributed by atoms with E-state index < -0.39 is 42.7 Å². The molecule has 0 saturated carbocycles. The van der Waals surface area contributed by atoms with Gasteiger partial charge in [-0.1, -0.05) is 17.7 Å². The topological polar surface area (TPSA) is 138 Å². The number of piperidine rings is 1. The van der Waals surface area contributed by atoms with Crippen molar-refractivity contribution in [2.24, 2.45) is 0 Å². The van der Waals surface area contributed by atoms with Gasteiger partial charge in [-0.05, 0) is 80.4 Å². The lowest BCUT2D eigenvalue weighted by Gasteiger charge is -2.39. The molecular weight excluding hydrogens is 641 g/mol. The highest BCUT2D eigenvalue weighted by Crippen LogP contribution is 2.37. The number of carbonyl (C=O) groups is 1. The van der Waals surface area contributed by atoms with Crippen molar-refractivity contribution in [1.29, 1.82) is 0 Å². The van der Waals surface area contributed by atoms with Crippen LogP contribution in [0.5, 0.6) is 17.2 Å². The maximum absolute atomic E-state index is 14.1. The van der Waals surface area contributed by atoms with Crippen molar-refractivity contribution in [3.05, 3.63) is 78.4 Å². The third kappa shape index (κ3) is 8.32. The Hall–Kier alpha value is -3.70. The SMILES string of the molecule is COCCN1CCC(C(=O)NOS(=O)(=O)c2ccc(C)cc2)(S(=O)(=O)c2ccc(Oc3ccc(OC(F)(F)F)cc3)cc2)CC1. The van der Waals surface area contributed by atoms with Gasteiger partial charge in [0.05, 0.1) is 16.4 Å². The molecule has 16 heteroatoms. The molecule has 1 fully saturated rings. The highest BCUT2D eigenvalue weighted by atomic mass is 32.2. The number of ether oxygens (including phenoxy) is 3. The molecule has 0 spiro atoms. The molecule has 1 N–H and O–H groups in total. The quantitative estimate of drug-likeness (QED) is 0.276. The van der Waals surface area contributed by atoms with E-state index >= 15 is 0 Å². The average molecular weight is 673 g/mol. The molecule has 1 aliphatic rings. The van der Waals surface area contributed by atoms with Gasteiger partial charge in [-0.3, -0.25) is 4.79 Å². The largest absolute Gasteiger partial charge is 0.573 e. The number of methoxy groups -OCH3 is 1. The number of hydrogen-bond donors (Lipinski definition) is 1. The molecule has 1 saturated heterocycles. The van der Waals surface area contributed by atoms with Crippen molar-refractivity contribution in [2.75, 3.05) is 33.4 Å². The molecule has 1 aliphatic heterocycles. The molecule has 0 aliphatic carbocycles. The third-order valence-corrected chi connectivity index (χ3v) is 10.9. The van der Waals surface area contributed by atoms with Crippen molar-refractivity contribution in [3.8, 4) is 17.2 Å². The van der Waals surface area contributed by atoms with Gasteiger partial charge in [-0.15, -0.1) is 17.5 Å². The lowest BCUT2D eigenvalue weighted by atomic mass is 9.95. The molecule has 4 rings (SSSR count). The Kier molecular flexibility index (Phi) is 10.4. The molecule has 244 valence electrons. The Labute approximate surface area is 258 Å². The number of nitrogens with zero attached hydrogens (tertiary/aromatic N) is 1. The molecule has 0 unspecified atom stereocenters. The number of rotatable bonds is 12. The molecule has 1 amide bonds. The Balaban J connectivity index is 1.55. The second kappa shape index (κ2) is 13.7. The monoisotopic (exact) mass is 672 g/mol. The smallest absolute Gasteiger partial charge is 0.457 e. The van der Waals surface area contributed by atoms with Crippen molar-refractivity contribution in [3.63, 3.8) is 0 Å². The number of alkyl halides is 3. The highest BCUT2D eigenvalue weighted by molar-refractivity contribution is 7.93. The van der Waals surface area contributed by atoms with E-state index in [9.17, 15) is 34.8 Å². The van der Waals surface area contributed by atoms with Crippen molar-refractivity contribution < 1.29 is 53.3 Å². The molecule has 0 bridgehead atoms. The number of hydrogen-bond acceptors (Lipinski definition) is 10. The summed E-state index contributed by atoms with van der Waals surface area (Å²) in [6.45, 7) is 3.07. The minimum atomic E-state index is -4.85. The van der Waals surface area contributed by atoms with E-state index in [1.54, 1.807) is 19.1 Å². The van der Waals surface area contributed by atoms with Crippen LogP contribution in [0.2, 0.25) is 0 Å². The van der Waals surface area contributed by atoms with Crippen LogP contribution in [0.3, 0.4) is 0 Å². The van der Waals surface area contributed by atoms with Crippen LogP contribution in [0, 0.1) is 6.92 Å². The number of halogens is 3. The zero-order valence-electron chi connectivity index (χ0n) is 24.2. The summed E-state index contributed by atoms with van der Waals surface area (Å²) in [4.78, 5) is 15.1. The minimum Gasteiger partial charge on any atom is -0.457 e. The van der Waals surface area contributed by atoms with E-state index in [2.05, 4.69) is 4.74 Å². The first-order valence-electron chi connectivity index (χ1n) is 13.6. The summed E-state index contributed by atoms with van der Waals surface area (Å²) in [5, 5.41) is 0. The van der Waals surface area contributed by atoms with Crippen LogP contribution in [-0.2, 0) is 33.8 Å². The Bertz CT molecular complexity index is 1670. The summed E-state index contributed by atoms with van der Waals surface area (Å²) in [7, 11) is -7.36. The standard InChI is InChI=1S/C29H31F3N2O9S2/c1-21-3-11-26(12-4-21)45(38,39)43-33-27(35)28(15-17-34(18-16-28)19-20-40-2)44(36,37)25-13-9-23(10-14-25)41-22-5-7-24(8-6-22)42-29(30,31)32/h3-14H,15-20H2,1-2H3,(H,33,35). The molecule has 1 heterocycles. The van der Waals surface area contributed by atoms with E-state index in [4.69, 9.17) is 13.8 Å². The maximum Gasteiger partial charge on any atom is 0.573 e. The molecular formula is C29H31F3N2O9S2. The van der Waals surface area contributed by atoms with E-state index in [1.165, 1.54) is 55.6 Å². The molecule has 0 radical (unpaired) electrons. The predicted octanol–water partition coefficient (Wildman–Crippen LogP) is 4.38. The first kappa shape index (κ1) is 34.2. The lowest BCUT2D eigenvalue weighted by Crippen LogP contribution is -2.58. The predicted molar refractivity (Wildman–Crippen MR) is 155 cm³/mol. The Morgan fingerprint density at radius 2 is 1.36 bits per heavy atom. The van der Waals surface area contributed by atoms with Crippen molar-refractivity contribution >= 4 is 25.9 Å². The summed E-state index contributed by atoms with van der Waals surface area (Å²) >= 11 is 0. The normalized spacial score (nSPS) is 15.8. The number of benzene rings is 3. The van der Waals surface area contributed by atoms with E-state index in [0.29, 0.717) is 13.2 Å². The van der Waals surface area contributed by atoms with Crippen LogP contribution < -0.4 is 15.0 Å². The number of likely N-dealkylation sites (tertiary alicyclic amines) is 1. The molecule has 3 aromatic carbocycles. The number of amides is 1. The van der Waals surface area contributed by atoms with E-state index in [0.717, 1.165) is 17.7 Å². The van der Waals surface area contributed by atoms with Gasteiger partial charge in [0, 0.05) is 26.7 Å². The fourth-order valence-electron chi connectivity index (χ4n) is 4.67. The fourth-order valence-corrected chi connectivity index (χ4v) is 7.38. The van der Waals surface area contributed by atoms with Gasteiger partial charge in [0.25, 0.3) is 5.91 Å². The fraction of sp³-hybridized carbons (Fsp3) is 0.345. The maximum atomic E-state index is 14.1. The van der Waals surface area contributed by atoms with Gasteiger partial charge in [0.15, 0.2) is 14.6 Å². The lowest BCUT2D eigenvalue weighted by molar-refractivity contribution is -0.274. The van der Waals surface area contributed by atoms with Crippen LogP contribution in [-0.4, -0.2) is 72.1 Å². The van der Waals surface area contributed by atoms with Gasteiger partial charge < -0.3 is 19.1 Å². The molecule has 3 aromatic rings. The molecule has 45 heavy (non-hydrogen) atoms. The summed E-state index contributed by atoms with van der Waals surface area (Å²) in [5.74, 6) is -1.25. The second-order valence-corrected chi connectivity index (χ2v) is 14.0. The molecule has 0 atom stereocenters. The summed E-state index contributed by atoms with van der Waals surface area (Å²) in [6.07, 6.45) is -5.17. The third-order valence-electron chi connectivity index (χ3n) is 7.18.